The monoisotopic (exact) mass is 287 g/mol. The predicted molar refractivity (Wildman–Crippen MR) is 78.8 cm³/mol. The molecule has 0 unspecified atom stereocenters. The summed E-state index contributed by atoms with van der Waals surface area (Å²) in [7, 11) is 1.76. The molecule has 0 saturated heterocycles. The summed E-state index contributed by atoms with van der Waals surface area (Å²) in [6.07, 6.45) is 0. The first-order valence-corrected chi connectivity index (χ1v) is 6.47. The zero-order valence-electron chi connectivity index (χ0n) is 12.4. The molecule has 0 saturated carbocycles. The third-order valence-corrected chi connectivity index (χ3v) is 3.48. The van der Waals surface area contributed by atoms with Crippen LogP contribution in [0, 0.1) is 20.8 Å². The predicted octanol–water partition coefficient (Wildman–Crippen LogP) is 2.30. The summed E-state index contributed by atoms with van der Waals surface area (Å²) >= 11 is 0. The van der Waals surface area contributed by atoms with Gasteiger partial charge in [0.15, 0.2) is 0 Å². The summed E-state index contributed by atoms with van der Waals surface area (Å²) < 4.78 is 1.63. The molecule has 1 heterocycles. The number of nitrogens with zero attached hydrogens (tertiary/aromatic N) is 2. The van der Waals surface area contributed by atoms with Crippen molar-refractivity contribution in [2.24, 2.45) is 7.05 Å². The Morgan fingerprint density at radius 2 is 1.90 bits per heavy atom. The number of hydrogen-bond donors (Lipinski definition) is 2. The van der Waals surface area contributed by atoms with Crippen LogP contribution in [0.4, 0.5) is 5.69 Å². The van der Waals surface area contributed by atoms with Crippen molar-refractivity contribution in [1.29, 1.82) is 0 Å². The number of carboxylic acids is 1. The van der Waals surface area contributed by atoms with Gasteiger partial charge >= 0.3 is 5.97 Å². The summed E-state index contributed by atoms with van der Waals surface area (Å²) in [4.78, 5) is 23.7. The molecule has 0 atom stereocenters. The SMILES string of the molecule is Cc1cccc(C(=O)O)c1NC(=O)c1c(C)nn(C)c1C. The Morgan fingerprint density at radius 1 is 1.24 bits per heavy atom. The average molecular weight is 287 g/mol. The highest BCUT2D eigenvalue weighted by atomic mass is 16.4. The molecule has 0 aliphatic rings. The van der Waals surface area contributed by atoms with Crippen molar-refractivity contribution in [3.05, 3.63) is 46.3 Å². The van der Waals surface area contributed by atoms with E-state index in [9.17, 15) is 14.7 Å². The fourth-order valence-corrected chi connectivity index (χ4v) is 2.29. The first kappa shape index (κ1) is 14.8. The van der Waals surface area contributed by atoms with E-state index in [0.29, 0.717) is 22.5 Å². The summed E-state index contributed by atoms with van der Waals surface area (Å²) in [6.45, 7) is 5.30. The molecule has 0 fully saturated rings. The summed E-state index contributed by atoms with van der Waals surface area (Å²) in [6, 6.07) is 4.87. The Bertz CT molecular complexity index is 732. The third-order valence-electron chi connectivity index (χ3n) is 3.48. The summed E-state index contributed by atoms with van der Waals surface area (Å²) in [5.74, 6) is -1.43. The molecule has 0 aliphatic carbocycles. The maximum Gasteiger partial charge on any atom is 0.337 e. The van der Waals surface area contributed by atoms with Gasteiger partial charge in [0.1, 0.15) is 0 Å². The third kappa shape index (κ3) is 2.65. The molecule has 0 bridgehead atoms. The summed E-state index contributed by atoms with van der Waals surface area (Å²) in [5.41, 5.74) is 2.90. The van der Waals surface area contributed by atoms with Gasteiger partial charge in [-0.2, -0.15) is 5.10 Å². The minimum absolute atomic E-state index is 0.0718. The lowest BCUT2D eigenvalue weighted by molar-refractivity contribution is 0.0698. The fourth-order valence-electron chi connectivity index (χ4n) is 2.29. The van der Waals surface area contributed by atoms with Gasteiger partial charge < -0.3 is 10.4 Å². The van der Waals surface area contributed by atoms with E-state index in [4.69, 9.17) is 0 Å². The van der Waals surface area contributed by atoms with Crippen LogP contribution in [-0.4, -0.2) is 26.8 Å². The normalized spacial score (nSPS) is 10.5. The molecule has 0 aliphatic heterocycles. The van der Waals surface area contributed by atoms with E-state index in [0.717, 1.165) is 5.69 Å². The molecule has 21 heavy (non-hydrogen) atoms. The number of aromatic nitrogens is 2. The van der Waals surface area contributed by atoms with Crippen molar-refractivity contribution in [2.75, 3.05) is 5.32 Å². The van der Waals surface area contributed by atoms with E-state index in [2.05, 4.69) is 10.4 Å². The number of benzene rings is 1. The van der Waals surface area contributed by atoms with Crippen LogP contribution in [0.1, 0.15) is 37.7 Å². The number of para-hydroxylation sites is 1. The van der Waals surface area contributed by atoms with Crippen LogP contribution in [0.15, 0.2) is 18.2 Å². The standard InChI is InChI=1S/C15H17N3O3/c1-8-6-5-7-11(15(20)21)13(8)16-14(19)12-9(2)17-18(4)10(12)3/h5-7H,1-4H3,(H,16,19)(H,20,21). The quantitative estimate of drug-likeness (QED) is 0.907. The Hall–Kier alpha value is -2.63. The maximum atomic E-state index is 12.4. The van der Waals surface area contributed by atoms with E-state index in [1.807, 2.05) is 0 Å². The fraction of sp³-hybridized carbons (Fsp3) is 0.267. The molecule has 2 aromatic rings. The lowest BCUT2D eigenvalue weighted by Crippen LogP contribution is -2.17. The number of nitrogens with one attached hydrogen (secondary N) is 1. The Kier molecular flexibility index (Phi) is 3.80. The highest BCUT2D eigenvalue weighted by molar-refractivity contribution is 6.09. The first-order valence-electron chi connectivity index (χ1n) is 6.47. The van der Waals surface area contributed by atoms with Crippen molar-refractivity contribution in [1.82, 2.24) is 9.78 Å². The van der Waals surface area contributed by atoms with E-state index < -0.39 is 5.97 Å². The van der Waals surface area contributed by atoms with E-state index in [1.165, 1.54) is 6.07 Å². The number of rotatable bonds is 3. The number of hydrogen-bond acceptors (Lipinski definition) is 3. The lowest BCUT2D eigenvalue weighted by Gasteiger charge is -2.11. The number of carbonyl (C=O) groups excluding carboxylic acids is 1. The van der Waals surface area contributed by atoms with E-state index >= 15 is 0 Å². The van der Waals surface area contributed by atoms with Crippen LogP contribution in [0.5, 0.6) is 0 Å². The van der Waals surface area contributed by atoms with Gasteiger partial charge in [-0.25, -0.2) is 4.79 Å². The Balaban J connectivity index is 2.43. The number of amides is 1. The van der Waals surface area contributed by atoms with Crippen molar-refractivity contribution in [3.8, 4) is 0 Å². The second-order valence-electron chi connectivity index (χ2n) is 4.93. The van der Waals surface area contributed by atoms with Gasteiger partial charge in [0, 0.05) is 12.7 Å². The van der Waals surface area contributed by atoms with Crippen LogP contribution < -0.4 is 5.32 Å². The number of aromatic carboxylic acids is 1. The molecule has 2 rings (SSSR count). The first-order chi connectivity index (χ1) is 9.82. The largest absolute Gasteiger partial charge is 0.478 e. The number of carboxylic acid groups (broad SMARTS) is 1. The number of carbonyl (C=O) groups is 2. The minimum atomic E-state index is -1.08. The minimum Gasteiger partial charge on any atom is -0.478 e. The van der Waals surface area contributed by atoms with Crippen LogP contribution >= 0.6 is 0 Å². The molecular formula is C15H17N3O3. The molecular weight excluding hydrogens is 270 g/mol. The molecule has 110 valence electrons. The molecule has 1 aromatic carbocycles. The smallest absolute Gasteiger partial charge is 0.337 e. The average Bonchev–Trinajstić information content (AvgIpc) is 2.65. The molecule has 0 radical (unpaired) electrons. The van der Waals surface area contributed by atoms with Crippen molar-refractivity contribution in [2.45, 2.75) is 20.8 Å². The van der Waals surface area contributed by atoms with Crippen molar-refractivity contribution in [3.63, 3.8) is 0 Å². The van der Waals surface area contributed by atoms with Crippen LogP contribution in [0.3, 0.4) is 0 Å². The van der Waals surface area contributed by atoms with Gasteiger partial charge in [0.25, 0.3) is 5.91 Å². The number of aryl methyl sites for hydroxylation is 3. The molecule has 0 spiro atoms. The van der Waals surface area contributed by atoms with Crippen LogP contribution in [-0.2, 0) is 7.05 Å². The highest BCUT2D eigenvalue weighted by Gasteiger charge is 2.20. The second kappa shape index (κ2) is 5.40. The Labute approximate surface area is 122 Å². The van der Waals surface area contributed by atoms with E-state index in [1.54, 1.807) is 44.6 Å². The Morgan fingerprint density at radius 3 is 2.43 bits per heavy atom. The van der Waals surface area contributed by atoms with Gasteiger partial charge in [0.2, 0.25) is 0 Å². The van der Waals surface area contributed by atoms with Crippen molar-refractivity contribution < 1.29 is 14.7 Å². The second-order valence-corrected chi connectivity index (χ2v) is 4.93. The van der Waals surface area contributed by atoms with Gasteiger partial charge in [0.05, 0.1) is 22.5 Å². The molecule has 1 aromatic heterocycles. The molecule has 1 amide bonds. The number of anilines is 1. The zero-order chi connectivity index (χ0) is 15.7. The topological polar surface area (TPSA) is 84.2 Å². The summed E-state index contributed by atoms with van der Waals surface area (Å²) in [5, 5.41) is 16.1. The van der Waals surface area contributed by atoms with Gasteiger partial charge in [-0.1, -0.05) is 12.1 Å². The molecule has 2 N–H and O–H groups in total. The van der Waals surface area contributed by atoms with Crippen molar-refractivity contribution >= 4 is 17.6 Å². The molecule has 6 heteroatoms. The van der Waals surface area contributed by atoms with Gasteiger partial charge in [-0.3, -0.25) is 9.48 Å². The van der Waals surface area contributed by atoms with Crippen LogP contribution in [0.2, 0.25) is 0 Å². The van der Waals surface area contributed by atoms with Gasteiger partial charge in [-0.05, 0) is 32.4 Å². The highest BCUT2D eigenvalue weighted by Crippen LogP contribution is 2.22. The molecule has 6 nitrogen and oxygen atoms in total. The maximum absolute atomic E-state index is 12.4. The van der Waals surface area contributed by atoms with E-state index in [-0.39, 0.29) is 11.5 Å². The zero-order valence-corrected chi connectivity index (χ0v) is 12.4. The lowest BCUT2D eigenvalue weighted by atomic mass is 10.1. The van der Waals surface area contributed by atoms with Gasteiger partial charge in [-0.15, -0.1) is 0 Å². The van der Waals surface area contributed by atoms with Crippen LogP contribution in [0.25, 0.3) is 0 Å².